The molecule has 5 heteroatoms. The molecule has 3 N–H and O–H groups in total. The molecule has 1 atom stereocenters. The fourth-order valence-electron chi connectivity index (χ4n) is 2.37. The summed E-state index contributed by atoms with van der Waals surface area (Å²) in [6.45, 7) is 4.77. The first kappa shape index (κ1) is 14.4. The molecule has 0 radical (unpaired) electrons. The number of likely N-dealkylation sites (tertiary alicyclic amines) is 1. The second-order valence-corrected chi connectivity index (χ2v) is 5.37. The highest BCUT2D eigenvalue weighted by molar-refractivity contribution is 5.95. The normalized spacial score (nSPS) is 18.4. The quantitative estimate of drug-likeness (QED) is 0.822. The Morgan fingerprint density at radius 2 is 2.25 bits per heavy atom. The van der Waals surface area contributed by atoms with Gasteiger partial charge in [0.1, 0.15) is 0 Å². The average molecular weight is 275 g/mol. The van der Waals surface area contributed by atoms with Crippen molar-refractivity contribution in [3.63, 3.8) is 0 Å². The van der Waals surface area contributed by atoms with E-state index < -0.39 is 0 Å². The molecular formula is C15H21N3O2. The second-order valence-electron chi connectivity index (χ2n) is 5.37. The number of nitrogens with two attached hydrogens (primary N) is 1. The fourth-order valence-corrected chi connectivity index (χ4v) is 2.37. The van der Waals surface area contributed by atoms with E-state index >= 15 is 0 Å². The maximum atomic E-state index is 12.0. The third kappa shape index (κ3) is 3.29. The molecule has 2 amide bonds. The number of hydrogen-bond acceptors (Lipinski definition) is 3. The van der Waals surface area contributed by atoms with E-state index in [0.717, 1.165) is 12.0 Å². The standard InChI is InChI=1S/C15H21N3O2/c1-3-11-6-15(20)18(8-11)9-14(19)17-12-5-4-10(2)13(16)7-12/h4-5,7,11H,3,6,8-9,16H2,1-2H3,(H,17,19). The minimum absolute atomic E-state index is 0.0652. The highest BCUT2D eigenvalue weighted by Crippen LogP contribution is 2.21. The lowest BCUT2D eigenvalue weighted by atomic mass is 10.1. The smallest absolute Gasteiger partial charge is 0.243 e. The molecule has 0 spiro atoms. The van der Waals surface area contributed by atoms with Gasteiger partial charge in [0.2, 0.25) is 11.8 Å². The van der Waals surface area contributed by atoms with Gasteiger partial charge in [0.05, 0.1) is 6.54 Å². The number of nitrogen functional groups attached to an aromatic ring is 1. The minimum atomic E-state index is -0.182. The maximum Gasteiger partial charge on any atom is 0.243 e. The van der Waals surface area contributed by atoms with E-state index in [1.165, 1.54) is 0 Å². The number of rotatable bonds is 4. The Kier molecular flexibility index (Phi) is 4.27. The van der Waals surface area contributed by atoms with Crippen LogP contribution >= 0.6 is 0 Å². The molecule has 2 rings (SSSR count). The molecule has 0 saturated carbocycles. The third-order valence-electron chi connectivity index (χ3n) is 3.77. The average Bonchev–Trinajstić information content (AvgIpc) is 2.74. The number of anilines is 2. The Morgan fingerprint density at radius 1 is 1.50 bits per heavy atom. The first-order valence-corrected chi connectivity index (χ1v) is 6.93. The summed E-state index contributed by atoms with van der Waals surface area (Å²) in [6, 6.07) is 5.40. The summed E-state index contributed by atoms with van der Waals surface area (Å²) in [5, 5.41) is 2.78. The van der Waals surface area contributed by atoms with Gasteiger partial charge in [-0.2, -0.15) is 0 Å². The summed E-state index contributed by atoms with van der Waals surface area (Å²) >= 11 is 0. The summed E-state index contributed by atoms with van der Waals surface area (Å²) in [5.74, 6) is 0.263. The number of nitrogens with one attached hydrogen (secondary N) is 1. The lowest BCUT2D eigenvalue weighted by Gasteiger charge is -2.16. The predicted molar refractivity (Wildman–Crippen MR) is 79.2 cm³/mol. The predicted octanol–water partition coefficient (Wildman–Crippen LogP) is 1.77. The number of nitrogens with zero attached hydrogens (tertiary/aromatic N) is 1. The Bertz CT molecular complexity index is 528. The van der Waals surface area contributed by atoms with Gasteiger partial charge >= 0.3 is 0 Å². The van der Waals surface area contributed by atoms with E-state index in [9.17, 15) is 9.59 Å². The molecule has 1 aromatic carbocycles. The molecule has 1 aliphatic heterocycles. The van der Waals surface area contributed by atoms with Crippen LogP contribution in [0.3, 0.4) is 0 Å². The van der Waals surface area contributed by atoms with Gasteiger partial charge in [0, 0.05) is 24.3 Å². The third-order valence-corrected chi connectivity index (χ3v) is 3.77. The van der Waals surface area contributed by atoms with Gasteiger partial charge in [-0.05, 0) is 30.5 Å². The molecule has 5 nitrogen and oxygen atoms in total. The van der Waals surface area contributed by atoms with Crippen molar-refractivity contribution in [2.24, 2.45) is 5.92 Å². The molecular weight excluding hydrogens is 254 g/mol. The van der Waals surface area contributed by atoms with E-state index in [0.29, 0.717) is 30.3 Å². The summed E-state index contributed by atoms with van der Waals surface area (Å²) in [5.41, 5.74) is 8.09. The van der Waals surface area contributed by atoms with Gasteiger partial charge in [-0.1, -0.05) is 19.4 Å². The summed E-state index contributed by atoms with van der Waals surface area (Å²) in [6.07, 6.45) is 1.53. The van der Waals surface area contributed by atoms with Crippen molar-refractivity contribution in [2.75, 3.05) is 24.1 Å². The van der Waals surface area contributed by atoms with Gasteiger partial charge in [0.25, 0.3) is 0 Å². The second kappa shape index (κ2) is 5.94. The Hall–Kier alpha value is -2.04. The van der Waals surface area contributed by atoms with Crippen LogP contribution in [0.25, 0.3) is 0 Å². The number of aryl methyl sites for hydroxylation is 1. The Morgan fingerprint density at radius 3 is 2.85 bits per heavy atom. The van der Waals surface area contributed by atoms with Crippen LogP contribution in [0.1, 0.15) is 25.3 Å². The Balaban J connectivity index is 1.92. The molecule has 0 aliphatic carbocycles. The van der Waals surface area contributed by atoms with Crippen molar-refractivity contribution in [2.45, 2.75) is 26.7 Å². The summed E-state index contributed by atoms with van der Waals surface area (Å²) in [4.78, 5) is 25.3. The molecule has 0 bridgehead atoms. The van der Waals surface area contributed by atoms with Crippen LogP contribution < -0.4 is 11.1 Å². The molecule has 1 aromatic rings. The minimum Gasteiger partial charge on any atom is -0.398 e. The number of carbonyl (C=O) groups is 2. The SMILES string of the molecule is CCC1CC(=O)N(CC(=O)Nc2ccc(C)c(N)c2)C1. The van der Waals surface area contributed by atoms with E-state index in [1.807, 2.05) is 19.1 Å². The number of carbonyl (C=O) groups excluding carboxylic acids is 2. The summed E-state index contributed by atoms with van der Waals surface area (Å²) < 4.78 is 0. The van der Waals surface area contributed by atoms with Crippen molar-refractivity contribution >= 4 is 23.2 Å². The van der Waals surface area contributed by atoms with E-state index in [-0.39, 0.29) is 18.4 Å². The van der Waals surface area contributed by atoms with Crippen molar-refractivity contribution in [3.05, 3.63) is 23.8 Å². The van der Waals surface area contributed by atoms with Crippen LogP contribution in [0.2, 0.25) is 0 Å². The van der Waals surface area contributed by atoms with Crippen LogP contribution in [0.4, 0.5) is 11.4 Å². The zero-order valence-corrected chi connectivity index (χ0v) is 12.0. The lowest BCUT2D eigenvalue weighted by Crippen LogP contribution is -2.34. The molecule has 1 unspecified atom stereocenters. The number of hydrogen-bond donors (Lipinski definition) is 2. The van der Waals surface area contributed by atoms with Crippen LogP contribution in [-0.2, 0) is 9.59 Å². The molecule has 1 heterocycles. The zero-order chi connectivity index (χ0) is 14.7. The fraction of sp³-hybridized carbons (Fsp3) is 0.467. The number of benzene rings is 1. The lowest BCUT2D eigenvalue weighted by molar-refractivity contribution is -0.131. The molecule has 1 saturated heterocycles. The van der Waals surface area contributed by atoms with Gasteiger partial charge in [-0.25, -0.2) is 0 Å². The maximum absolute atomic E-state index is 12.0. The van der Waals surface area contributed by atoms with E-state index in [2.05, 4.69) is 12.2 Å². The first-order chi connectivity index (χ1) is 9.49. The molecule has 1 aliphatic rings. The molecule has 108 valence electrons. The van der Waals surface area contributed by atoms with Gasteiger partial charge in [-0.3, -0.25) is 9.59 Å². The highest BCUT2D eigenvalue weighted by Gasteiger charge is 2.29. The molecule has 20 heavy (non-hydrogen) atoms. The molecule has 1 fully saturated rings. The van der Waals surface area contributed by atoms with Gasteiger partial charge in [0.15, 0.2) is 0 Å². The van der Waals surface area contributed by atoms with Gasteiger partial charge < -0.3 is 16.0 Å². The van der Waals surface area contributed by atoms with Crippen LogP contribution in [-0.4, -0.2) is 29.8 Å². The number of amides is 2. The Labute approximate surface area is 119 Å². The van der Waals surface area contributed by atoms with E-state index in [1.54, 1.807) is 11.0 Å². The van der Waals surface area contributed by atoms with Crippen molar-refractivity contribution in [1.82, 2.24) is 4.90 Å². The van der Waals surface area contributed by atoms with Crippen molar-refractivity contribution in [3.8, 4) is 0 Å². The highest BCUT2D eigenvalue weighted by atomic mass is 16.2. The van der Waals surface area contributed by atoms with E-state index in [4.69, 9.17) is 5.73 Å². The largest absolute Gasteiger partial charge is 0.398 e. The summed E-state index contributed by atoms with van der Waals surface area (Å²) in [7, 11) is 0. The topological polar surface area (TPSA) is 75.4 Å². The van der Waals surface area contributed by atoms with Gasteiger partial charge in [-0.15, -0.1) is 0 Å². The van der Waals surface area contributed by atoms with Crippen LogP contribution in [0.15, 0.2) is 18.2 Å². The van der Waals surface area contributed by atoms with Crippen molar-refractivity contribution in [1.29, 1.82) is 0 Å². The van der Waals surface area contributed by atoms with Crippen LogP contribution in [0, 0.1) is 12.8 Å². The monoisotopic (exact) mass is 275 g/mol. The van der Waals surface area contributed by atoms with Crippen LogP contribution in [0.5, 0.6) is 0 Å². The first-order valence-electron chi connectivity index (χ1n) is 6.93. The zero-order valence-electron chi connectivity index (χ0n) is 12.0. The van der Waals surface area contributed by atoms with Crippen molar-refractivity contribution < 1.29 is 9.59 Å². The molecule has 0 aromatic heterocycles.